The first-order valence-corrected chi connectivity index (χ1v) is 11.4. The molecule has 35 heavy (non-hydrogen) atoms. The normalized spacial score (nSPS) is 11.7. The average molecular weight is 495 g/mol. The zero-order valence-corrected chi connectivity index (χ0v) is 19.4. The Morgan fingerprint density at radius 2 is 1.49 bits per heavy atom. The highest BCUT2D eigenvalue weighted by Crippen LogP contribution is 2.43. The van der Waals surface area contributed by atoms with Gasteiger partial charge in [-0.2, -0.15) is 8.78 Å². The molecular formula is C27H25F6O2. The third-order valence-corrected chi connectivity index (χ3v) is 5.66. The average Bonchev–Trinajstić information content (AvgIpc) is 2.79. The molecule has 0 saturated heterocycles. The van der Waals surface area contributed by atoms with Crippen molar-refractivity contribution in [2.24, 2.45) is 0 Å². The van der Waals surface area contributed by atoms with E-state index in [0.29, 0.717) is 12.8 Å². The molecule has 0 bridgehead atoms. The minimum absolute atomic E-state index is 0.00933. The van der Waals surface area contributed by atoms with Crippen LogP contribution in [-0.4, -0.2) is 0 Å². The standard InChI is InChI=1S/C27H25F6O2/c1-3-5-6-8-17-11-14-19(25(30)24(17)29)22-21(34)15-20(28)23(26(22)31)27(32,33)35-18-12-9-16(7-4-2)10-13-18/h9-15H,3-8H2,1-2H3. The number of hydrogen-bond donors (Lipinski definition) is 0. The predicted octanol–water partition coefficient (Wildman–Crippen LogP) is 8.87. The molecule has 0 spiro atoms. The third-order valence-electron chi connectivity index (χ3n) is 5.66. The summed E-state index contributed by atoms with van der Waals surface area (Å²) in [6, 6.07) is 7.74. The molecule has 3 aromatic rings. The van der Waals surface area contributed by atoms with Crippen LogP contribution in [0.4, 0.5) is 26.3 Å². The molecule has 0 aromatic heterocycles. The van der Waals surface area contributed by atoms with Crippen LogP contribution in [0.3, 0.4) is 0 Å². The molecule has 1 radical (unpaired) electrons. The van der Waals surface area contributed by atoms with Crippen molar-refractivity contribution >= 4 is 0 Å². The van der Waals surface area contributed by atoms with Crippen molar-refractivity contribution in [3.63, 3.8) is 0 Å². The van der Waals surface area contributed by atoms with Crippen molar-refractivity contribution in [3.8, 4) is 22.6 Å². The molecule has 2 nitrogen and oxygen atoms in total. The molecule has 0 unspecified atom stereocenters. The number of rotatable bonds is 10. The summed E-state index contributed by atoms with van der Waals surface area (Å²) in [5.74, 6) is -8.52. The van der Waals surface area contributed by atoms with Crippen LogP contribution in [0.15, 0.2) is 42.5 Å². The molecule has 0 atom stereocenters. The summed E-state index contributed by atoms with van der Waals surface area (Å²) in [6.45, 7) is 3.88. The highest BCUT2D eigenvalue weighted by Gasteiger charge is 2.43. The van der Waals surface area contributed by atoms with Crippen molar-refractivity contribution in [2.45, 2.75) is 58.5 Å². The Kier molecular flexibility index (Phi) is 8.35. The lowest BCUT2D eigenvalue weighted by atomic mass is 9.96. The lowest BCUT2D eigenvalue weighted by Crippen LogP contribution is -2.25. The van der Waals surface area contributed by atoms with Gasteiger partial charge in [-0.15, -0.1) is 0 Å². The van der Waals surface area contributed by atoms with Crippen LogP contribution < -0.4 is 4.74 Å². The number of hydrogen-bond acceptors (Lipinski definition) is 1. The Morgan fingerprint density at radius 1 is 0.800 bits per heavy atom. The van der Waals surface area contributed by atoms with Crippen molar-refractivity contribution < 1.29 is 36.2 Å². The van der Waals surface area contributed by atoms with Crippen LogP contribution in [0.5, 0.6) is 11.5 Å². The largest absolute Gasteiger partial charge is 0.432 e. The fourth-order valence-corrected chi connectivity index (χ4v) is 3.87. The number of ether oxygens (including phenoxy) is 1. The van der Waals surface area contributed by atoms with Crippen molar-refractivity contribution in [1.29, 1.82) is 0 Å². The van der Waals surface area contributed by atoms with E-state index in [4.69, 9.17) is 0 Å². The van der Waals surface area contributed by atoms with Gasteiger partial charge < -0.3 is 4.74 Å². The summed E-state index contributed by atoms with van der Waals surface area (Å²) in [5.41, 5.74) is -3.06. The van der Waals surface area contributed by atoms with Crippen molar-refractivity contribution in [2.75, 3.05) is 0 Å². The quantitative estimate of drug-likeness (QED) is 0.204. The van der Waals surface area contributed by atoms with Gasteiger partial charge in [-0.25, -0.2) is 17.6 Å². The van der Waals surface area contributed by atoms with E-state index in [0.717, 1.165) is 37.0 Å². The number of unbranched alkanes of at least 4 members (excludes halogenated alkanes) is 2. The van der Waals surface area contributed by atoms with E-state index >= 15 is 4.39 Å². The smallest absolute Gasteiger partial charge is 0.429 e. The van der Waals surface area contributed by atoms with Gasteiger partial charge in [0, 0.05) is 11.6 Å². The Labute approximate surface area is 200 Å². The van der Waals surface area contributed by atoms with Gasteiger partial charge in [0.1, 0.15) is 17.1 Å². The molecule has 187 valence electrons. The SMILES string of the molecule is CCCCCc1ccc(-c2c([O])cc(F)c(C(F)(F)Oc3ccc(CCC)cc3)c2F)c(F)c1F. The second-order valence-electron chi connectivity index (χ2n) is 8.29. The Morgan fingerprint density at radius 3 is 2.11 bits per heavy atom. The molecule has 0 fully saturated rings. The van der Waals surface area contributed by atoms with Crippen LogP contribution in [0.25, 0.3) is 11.1 Å². The second-order valence-corrected chi connectivity index (χ2v) is 8.29. The zero-order chi connectivity index (χ0) is 25.8. The zero-order valence-electron chi connectivity index (χ0n) is 19.4. The highest BCUT2D eigenvalue weighted by atomic mass is 19.3. The third kappa shape index (κ3) is 5.74. The molecule has 3 aromatic carbocycles. The second kappa shape index (κ2) is 11.1. The Bertz CT molecular complexity index is 1180. The van der Waals surface area contributed by atoms with Crippen molar-refractivity contribution in [1.82, 2.24) is 0 Å². The summed E-state index contributed by atoms with van der Waals surface area (Å²) >= 11 is 0. The fraction of sp³-hybridized carbons (Fsp3) is 0.333. The van der Waals surface area contributed by atoms with Gasteiger partial charge in [-0.1, -0.05) is 57.4 Å². The maximum absolute atomic E-state index is 15.2. The number of alkyl halides is 2. The van der Waals surface area contributed by atoms with Gasteiger partial charge in [-0.05, 0) is 42.5 Å². The van der Waals surface area contributed by atoms with Gasteiger partial charge in [0.25, 0.3) is 0 Å². The maximum atomic E-state index is 15.2. The minimum Gasteiger partial charge on any atom is -0.429 e. The molecule has 0 amide bonds. The van der Waals surface area contributed by atoms with Crippen LogP contribution >= 0.6 is 0 Å². The predicted molar refractivity (Wildman–Crippen MR) is 120 cm³/mol. The number of halogens is 6. The van der Waals surface area contributed by atoms with Crippen LogP contribution in [-0.2, 0) is 24.1 Å². The Balaban J connectivity index is 2.02. The molecule has 0 heterocycles. The molecule has 8 heteroatoms. The van der Waals surface area contributed by atoms with Gasteiger partial charge in [-0.3, -0.25) is 5.11 Å². The van der Waals surface area contributed by atoms with E-state index in [9.17, 15) is 27.1 Å². The molecule has 0 aliphatic rings. The number of benzene rings is 3. The first-order chi connectivity index (χ1) is 16.6. The highest BCUT2D eigenvalue weighted by molar-refractivity contribution is 5.73. The summed E-state index contributed by atoms with van der Waals surface area (Å²) in [6.07, 6.45) is -0.595. The summed E-state index contributed by atoms with van der Waals surface area (Å²) in [5, 5.41) is 12.3. The van der Waals surface area contributed by atoms with Crippen LogP contribution in [0.2, 0.25) is 0 Å². The molecular weight excluding hydrogens is 470 g/mol. The van der Waals surface area contributed by atoms with Gasteiger partial charge >= 0.3 is 6.11 Å². The van der Waals surface area contributed by atoms with Crippen molar-refractivity contribution in [3.05, 3.63) is 82.4 Å². The van der Waals surface area contributed by atoms with E-state index in [-0.39, 0.29) is 23.8 Å². The first-order valence-electron chi connectivity index (χ1n) is 11.4. The maximum Gasteiger partial charge on any atom is 0.432 e. The van der Waals surface area contributed by atoms with Gasteiger partial charge in [0.05, 0.1) is 5.56 Å². The summed E-state index contributed by atoms with van der Waals surface area (Å²) in [7, 11) is 0. The summed E-state index contributed by atoms with van der Waals surface area (Å²) < 4.78 is 93.3. The van der Waals surface area contributed by atoms with E-state index < -0.39 is 51.8 Å². The Hall–Kier alpha value is -3.16. The lowest BCUT2D eigenvalue weighted by molar-refractivity contribution is -0.189. The molecule has 0 aliphatic heterocycles. The van der Waals surface area contributed by atoms with Crippen LogP contribution in [0, 0.1) is 23.3 Å². The van der Waals surface area contributed by atoms with E-state index in [1.165, 1.54) is 24.3 Å². The van der Waals surface area contributed by atoms with E-state index in [2.05, 4.69) is 4.74 Å². The lowest BCUT2D eigenvalue weighted by Gasteiger charge is -2.21. The topological polar surface area (TPSA) is 29.1 Å². The monoisotopic (exact) mass is 495 g/mol. The molecule has 3 rings (SSSR count). The van der Waals surface area contributed by atoms with E-state index in [1.54, 1.807) is 0 Å². The molecule has 0 aliphatic carbocycles. The number of aryl methyl sites for hydroxylation is 2. The van der Waals surface area contributed by atoms with E-state index in [1.807, 2.05) is 13.8 Å². The van der Waals surface area contributed by atoms with Gasteiger partial charge in [0.15, 0.2) is 23.2 Å². The summed E-state index contributed by atoms with van der Waals surface area (Å²) in [4.78, 5) is 0. The van der Waals surface area contributed by atoms with Gasteiger partial charge in [0.2, 0.25) is 0 Å². The first kappa shape index (κ1) is 26.4. The molecule has 0 saturated carbocycles. The minimum atomic E-state index is -4.54. The molecule has 0 N–H and O–H groups in total. The van der Waals surface area contributed by atoms with Crippen LogP contribution in [0.1, 0.15) is 56.2 Å². The fourth-order valence-electron chi connectivity index (χ4n) is 3.87.